The van der Waals surface area contributed by atoms with Gasteiger partial charge in [-0.05, 0) is 107 Å². The van der Waals surface area contributed by atoms with Crippen molar-refractivity contribution in [2.75, 3.05) is 0 Å². The highest BCUT2D eigenvalue weighted by atomic mass is 14.7. The van der Waals surface area contributed by atoms with E-state index in [9.17, 15) is 0 Å². The Bertz CT molecular complexity index is 2700. The van der Waals surface area contributed by atoms with Gasteiger partial charge in [0.05, 0.1) is 5.69 Å². The van der Waals surface area contributed by atoms with Crippen LogP contribution in [0.3, 0.4) is 0 Å². The molecule has 0 spiro atoms. The van der Waals surface area contributed by atoms with Crippen molar-refractivity contribution in [2.45, 2.75) is 38.0 Å². The summed E-state index contributed by atoms with van der Waals surface area (Å²) in [6.07, 6.45) is 8.67. The smallest absolute Gasteiger partial charge is 0.0708 e. The van der Waals surface area contributed by atoms with Crippen molar-refractivity contribution >= 4 is 43.1 Å². The van der Waals surface area contributed by atoms with E-state index >= 15 is 0 Å². The van der Waals surface area contributed by atoms with Crippen LogP contribution >= 0.6 is 0 Å². The minimum Gasteiger partial charge on any atom is -0.256 e. The van der Waals surface area contributed by atoms with Crippen molar-refractivity contribution in [3.63, 3.8) is 0 Å². The number of nitrogens with zero attached hydrogens (tertiary/aromatic N) is 1. The third-order valence-electron chi connectivity index (χ3n) is 11.5. The summed E-state index contributed by atoms with van der Waals surface area (Å²) in [5.41, 5.74) is 11.1. The van der Waals surface area contributed by atoms with E-state index in [0.717, 1.165) is 22.4 Å². The van der Waals surface area contributed by atoms with Gasteiger partial charge < -0.3 is 0 Å². The second-order valence-electron chi connectivity index (χ2n) is 14.5. The van der Waals surface area contributed by atoms with Gasteiger partial charge in [-0.2, -0.15) is 0 Å². The average Bonchev–Trinajstić information content (AvgIpc) is 3.22. The number of hydrogen-bond donors (Lipinski definition) is 0. The molecular formula is C51H39N. The second-order valence-corrected chi connectivity index (χ2v) is 14.5. The molecule has 248 valence electrons. The molecule has 1 aromatic heterocycles. The molecule has 52 heavy (non-hydrogen) atoms. The lowest BCUT2D eigenvalue weighted by Crippen LogP contribution is -2.05. The van der Waals surface area contributed by atoms with Crippen molar-refractivity contribution in [2.24, 2.45) is 0 Å². The van der Waals surface area contributed by atoms with Crippen LogP contribution in [-0.2, 0) is 0 Å². The number of benzene rings is 8. The van der Waals surface area contributed by atoms with Crippen LogP contribution in [0, 0.1) is 0 Å². The quantitative estimate of drug-likeness (QED) is 0.167. The fourth-order valence-corrected chi connectivity index (χ4v) is 9.08. The Hall–Kier alpha value is -6.05. The molecule has 0 saturated heterocycles. The lowest BCUT2D eigenvalue weighted by atomic mass is 9.80. The SMILES string of the molecule is c1cc(-c2ccc(-c3cccc4ccccc34)nc2)cc(-c2c3ccccc3c(-c3cccc4c(C5CCCCC5)cccc34)c3ccccc23)c1. The maximum Gasteiger partial charge on any atom is 0.0708 e. The minimum absolute atomic E-state index is 0.653. The highest BCUT2D eigenvalue weighted by Crippen LogP contribution is 2.47. The monoisotopic (exact) mass is 665 g/mol. The molecule has 8 aromatic carbocycles. The van der Waals surface area contributed by atoms with Crippen molar-refractivity contribution in [1.82, 2.24) is 4.98 Å². The standard InChI is InChI=1S/C51H39N/c1-2-14-34(15-3-1)39-25-12-27-42-41(39)26-13-29-44(42)51-47-23-8-6-21-45(47)50(46-22-7-9-24-48(46)51)37-19-10-18-36(32-37)38-30-31-49(52-33-38)43-28-11-17-35-16-4-5-20-40(35)43/h4-13,16-34H,1-3,14-15H2. The highest BCUT2D eigenvalue weighted by Gasteiger charge is 2.21. The van der Waals surface area contributed by atoms with E-state index in [1.807, 2.05) is 6.20 Å². The van der Waals surface area contributed by atoms with Crippen molar-refractivity contribution in [1.29, 1.82) is 0 Å². The van der Waals surface area contributed by atoms with Gasteiger partial charge in [0.15, 0.2) is 0 Å². The summed E-state index contributed by atoms with van der Waals surface area (Å²) in [6.45, 7) is 0. The van der Waals surface area contributed by atoms with Crippen molar-refractivity contribution < 1.29 is 0 Å². The normalized spacial score (nSPS) is 13.7. The van der Waals surface area contributed by atoms with Crippen LogP contribution in [0.2, 0.25) is 0 Å². The number of fused-ring (bicyclic) bond motifs is 4. The summed E-state index contributed by atoms with van der Waals surface area (Å²) in [6, 6.07) is 60.4. The third-order valence-corrected chi connectivity index (χ3v) is 11.5. The minimum atomic E-state index is 0.653. The van der Waals surface area contributed by atoms with Crippen LogP contribution in [0.25, 0.3) is 87.7 Å². The van der Waals surface area contributed by atoms with E-state index in [4.69, 9.17) is 4.98 Å². The van der Waals surface area contributed by atoms with Gasteiger partial charge >= 0.3 is 0 Å². The molecule has 1 saturated carbocycles. The highest BCUT2D eigenvalue weighted by molar-refractivity contribution is 6.23. The molecule has 9 aromatic rings. The van der Waals surface area contributed by atoms with Gasteiger partial charge in [-0.1, -0.05) is 171 Å². The van der Waals surface area contributed by atoms with Gasteiger partial charge in [-0.15, -0.1) is 0 Å². The molecule has 1 heterocycles. The molecule has 10 rings (SSSR count). The van der Waals surface area contributed by atoms with E-state index < -0.39 is 0 Å². The first-order chi connectivity index (χ1) is 25.8. The van der Waals surface area contributed by atoms with E-state index in [2.05, 4.69) is 164 Å². The molecule has 0 atom stereocenters. The second kappa shape index (κ2) is 12.9. The van der Waals surface area contributed by atoms with Crippen LogP contribution in [0.1, 0.15) is 43.6 Å². The maximum atomic E-state index is 4.98. The average molecular weight is 666 g/mol. The van der Waals surface area contributed by atoms with Gasteiger partial charge in [-0.25, -0.2) is 0 Å². The van der Waals surface area contributed by atoms with Crippen LogP contribution in [0.4, 0.5) is 0 Å². The fourth-order valence-electron chi connectivity index (χ4n) is 9.08. The lowest BCUT2D eigenvalue weighted by Gasteiger charge is -2.24. The molecule has 1 nitrogen and oxygen atoms in total. The molecule has 1 fully saturated rings. The van der Waals surface area contributed by atoms with Gasteiger partial charge in [0.2, 0.25) is 0 Å². The van der Waals surface area contributed by atoms with Crippen LogP contribution < -0.4 is 0 Å². The molecule has 0 unspecified atom stereocenters. The molecule has 0 bridgehead atoms. The van der Waals surface area contributed by atoms with Gasteiger partial charge in [-0.3, -0.25) is 4.98 Å². The summed E-state index contributed by atoms with van der Waals surface area (Å²) in [7, 11) is 0. The Labute approximate surface area is 305 Å². The van der Waals surface area contributed by atoms with E-state index in [-0.39, 0.29) is 0 Å². The Balaban J connectivity index is 1.12. The first kappa shape index (κ1) is 30.7. The van der Waals surface area contributed by atoms with Crippen LogP contribution in [-0.4, -0.2) is 4.98 Å². The molecule has 0 N–H and O–H groups in total. The zero-order valence-corrected chi connectivity index (χ0v) is 29.2. The first-order valence-corrected chi connectivity index (χ1v) is 18.8. The van der Waals surface area contributed by atoms with Crippen LogP contribution in [0.15, 0.2) is 170 Å². The fraction of sp³-hybridized carbons (Fsp3) is 0.118. The summed E-state index contributed by atoms with van der Waals surface area (Å²) < 4.78 is 0. The van der Waals surface area contributed by atoms with Crippen LogP contribution in [0.5, 0.6) is 0 Å². The molecule has 0 aliphatic heterocycles. The lowest BCUT2D eigenvalue weighted by molar-refractivity contribution is 0.445. The summed E-state index contributed by atoms with van der Waals surface area (Å²) >= 11 is 0. The number of aromatic nitrogens is 1. The van der Waals surface area contributed by atoms with E-state index in [0.29, 0.717) is 5.92 Å². The predicted octanol–water partition coefficient (Wildman–Crippen LogP) is 14.4. The Kier molecular flexibility index (Phi) is 7.64. The Morgan fingerprint density at radius 2 is 0.962 bits per heavy atom. The largest absolute Gasteiger partial charge is 0.256 e. The zero-order valence-electron chi connectivity index (χ0n) is 29.2. The topological polar surface area (TPSA) is 12.9 Å². The predicted molar refractivity (Wildman–Crippen MR) is 222 cm³/mol. The van der Waals surface area contributed by atoms with Gasteiger partial charge in [0, 0.05) is 17.3 Å². The maximum absolute atomic E-state index is 4.98. The Morgan fingerprint density at radius 3 is 1.71 bits per heavy atom. The molecule has 1 heteroatoms. The van der Waals surface area contributed by atoms with Gasteiger partial charge in [0.1, 0.15) is 0 Å². The molecule has 0 radical (unpaired) electrons. The summed E-state index contributed by atoms with van der Waals surface area (Å²) in [4.78, 5) is 4.98. The molecule has 1 aliphatic carbocycles. The van der Waals surface area contributed by atoms with Crippen molar-refractivity contribution in [3.05, 3.63) is 176 Å². The third kappa shape index (κ3) is 5.19. The van der Waals surface area contributed by atoms with Crippen molar-refractivity contribution in [3.8, 4) is 44.6 Å². The van der Waals surface area contributed by atoms with Gasteiger partial charge in [0.25, 0.3) is 0 Å². The molecular weight excluding hydrogens is 627 g/mol. The molecule has 1 aliphatic rings. The summed E-state index contributed by atoms with van der Waals surface area (Å²) in [5.74, 6) is 0.653. The number of pyridine rings is 1. The molecule has 0 amide bonds. The number of rotatable bonds is 5. The Morgan fingerprint density at radius 1 is 0.385 bits per heavy atom. The summed E-state index contributed by atoms with van der Waals surface area (Å²) in [5, 5.41) is 10.4. The number of hydrogen-bond acceptors (Lipinski definition) is 1. The zero-order chi connectivity index (χ0) is 34.4. The van der Waals surface area contributed by atoms with E-state index in [1.165, 1.54) is 103 Å². The first-order valence-electron chi connectivity index (χ1n) is 18.8. The van der Waals surface area contributed by atoms with E-state index in [1.54, 1.807) is 0 Å².